The van der Waals surface area contributed by atoms with E-state index in [1.54, 1.807) is 6.20 Å². The highest BCUT2D eigenvalue weighted by atomic mass is 16.5. The van der Waals surface area contributed by atoms with Crippen molar-refractivity contribution in [2.24, 2.45) is 4.99 Å². The Hall–Kier alpha value is -1.86. The summed E-state index contributed by atoms with van der Waals surface area (Å²) < 4.78 is 17.2. The van der Waals surface area contributed by atoms with Gasteiger partial charge in [-0.05, 0) is 31.4 Å². The number of aromatic nitrogens is 1. The molecule has 2 atom stereocenters. The number of hydrogen-bond acceptors (Lipinski definition) is 5. The fourth-order valence-corrected chi connectivity index (χ4v) is 3.29. The molecule has 0 amide bonds. The Labute approximate surface area is 149 Å². The number of morpholine rings is 1. The van der Waals surface area contributed by atoms with Gasteiger partial charge < -0.3 is 24.4 Å². The van der Waals surface area contributed by atoms with Crippen LogP contribution < -0.4 is 10.1 Å². The van der Waals surface area contributed by atoms with Crippen LogP contribution in [0.3, 0.4) is 0 Å². The second-order valence-electron chi connectivity index (χ2n) is 6.24. The number of pyridine rings is 1. The van der Waals surface area contributed by atoms with Crippen molar-refractivity contribution in [1.82, 2.24) is 15.2 Å². The zero-order valence-corrected chi connectivity index (χ0v) is 15.1. The van der Waals surface area contributed by atoms with E-state index in [4.69, 9.17) is 14.2 Å². The van der Waals surface area contributed by atoms with Crippen molar-refractivity contribution >= 4 is 5.96 Å². The third-order valence-corrected chi connectivity index (χ3v) is 4.53. The number of hydrogen-bond donors (Lipinski definition) is 1. The van der Waals surface area contributed by atoms with Crippen LogP contribution in [0.15, 0.2) is 23.3 Å². The Morgan fingerprint density at radius 1 is 1.40 bits per heavy atom. The van der Waals surface area contributed by atoms with Gasteiger partial charge in [-0.1, -0.05) is 0 Å². The Kier molecular flexibility index (Phi) is 6.47. The van der Waals surface area contributed by atoms with E-state index >= 15 is 0 Å². The molecule has 0 aromatic carbocycles. The van der Waals surface area contributed by atoms with Gasteiger partial charge in [-0.15, -0.1) is 0 Å². The number of guanidine groups is 1. The minimum Gasteiger partial charge on any atom is -0.478 e. The number of ether oxygens (including phenoxy) is 3. The van der Waals surface area contributed by atoms with Crippen molar-refractivity contribution in [2.75, 3.05) is 40.0 Å². The predicted molar refractivity (Wildman–Crippen MR) is 95.9 cm³/mol. The Bertz CT molecular complexity index is 575. The first-order valence-electron chi connectivity index (χ1n) is 9.06. The van der Waals surface area contributed by atoms with Crippen LogP contribution in [0, 0.1) is 0 Å². The molecule has 7 heteroatoms. The van der Waals surface area contributed by atoms with E-state index in [1.165, 1.54) is 0 Å². The van der Waals surface area contributed by atoms with E-state index in [0.29, 0.717) is 25.6 Å². The first kappa shape index (κ1) is 17.9. The quantitative estimate of drug-likeness (QED) is 0.641. The third-order valence-electron chi connectivity index (χ3n) is 4.53. The molecular weight excluding hydrogens is 320 g/mol. The molecule has 0 radical (unpaired) electrons. The van der Waals surface area contributed by atoms with Gasteiger partial charge in [0.25, 0.3) is 0 Å². The molecule has 25 heavy (non-hydrogen) atoms. The molecule has 2 saturated heterocycles. The monoisotopic (exact) mass is 348 g/mol. The molecule has 138 valence electrons. The second-order valence-corrected chi connectivity index (χ2v) is 6.24. The zero-order chi connectivity index (χ0) is 17.5. The molecule has 1 N–H and O–H groups in total. The third kappa shape index (κ3) is 4.83. The molecule has 0 saturated carbocycles. The lowest BCUT2D eigenvalue weighted by Gasteiger charge is -2.37. The van der Waals surface area contributed by atoms with Crippen LogP contribution in [0.1, 0.15) is 25.3 Å². The maximum absolute atomic E-state index is 5.92. The van der Waals surface area contributed by atoms with Crippen LogP contribution in [-0.4, -0.2) is 68.0 Å². The first-order chi connectivity index (χ1) is 12.3. The lowest BCUT2D eigenvalue weighted by molar-refractivity contribution is -0.0817. The number of rotatable bonds is 5. The predicted octanol–water partition coefficient (Wildman–Crippen LogP) is 1.44. The van der Waals surface area contributed by atoms with E-state index in [9.17, 15) is 0 Å². The van der Waals surface area contributed by atoms with Crippen molar-refractivity contribution in [3.8, 4) is 5.88 Å². The van der Waals surface area contributed by atoms with E-state index in [2.05, 4.69) is 20.2 Å². The Morgan fingerprint density at radius 3 is 3.04 bits per heavy atom. The summed E-state index contributed by atoms with van der Waals surface area (Å²) in [6.45, 7) is 6.45. The summed E-state index contributed by atoms with van der Waals surface area (Å²) in [6, 6.07) is 3.94. The lowest BCUT2D eigenvalue weighted by atomic mass is 10.1. The highest BCUT2D eigenvalue weighted by Crippen LogP contribution is 2.21. The standard InChI is InChI=1S/C18H28N4O3/c1-3-23-17-11-14(6-7-20-17)12-21-18(19-2)22-8-10-25-16(13-22)15-5-4-9-24-15/h6-7,11,15-16H,3-5,8-10,12-13H2,1-2H3,(H,19,21). The van der Waals surface area contributed by atoms with Crippen LogP contribution in [-0.2, 0) is 16.0 Å². The van der Waals surface area contributed by atoms with Gasteiger partial charge in [0.2, 0.25) is 5.88 Å². The van der Waals surface area contributed by atoms with Gasteiger partial charge in [-0.25, -0.2) is 4.98 Å². The van der Waals surface area contributed by atoms with Crippen LogP contribution in [0.2, 0.25) is 0 Å². The number of nitrogens with one attached hydrogen (secondary N) is 1. The van der Waals surface area contributed by atoms with Crippen molar-refractivity contribution in [2.45, 2.75) is 38.5 Å². The van der Waals surface area contributed by atoms with Gasteiger partial charge in [0, 0.05) is 45.6 Å². The van der Waals surface area contributed by atoms with Crippen molar-refractivity contribution in [3.05, 3.63) is 23.9 Å². The molecule has 1 aromatic heterocycles. The van der Waals surface area contributed by atoms with Crippen molar-refractivity contribution < 1.29 is 14.2 Å². The van der Waals surface area contributed by atoms with Crippen molar-refractivity contribution in [3.63, 3.8) is 0 Å². The van der Waals surface area contributed by atoms with Gasteiger partial charge >= 0.3 is 0 Å². The number of nitrogens with zero attached hydrogens (tertiary/aromatic N) is 3. The van der Waals surface area contributed by atoms with E-state index in [1.807, 2.05) is 26.1 Å². The van der Waals surface area contributed by atoms with E-state index in [-0.39, 0.29) is 12.2 Å². The molecule has 2 fully saturated rings. The highest BCUT2D eigenvalue weighted by Gasteiger charge is 2.32. The summed E-state index contributed by atoms with van der Waals surface area (Å²) in [5.41, 5.74) is 1.11. The minimum atomic E-state index is 0.125. The topological polar surface area (TPSA) is 68.2 Å². The van der Waals surface area contributed by atoms with Crippen LogP contribution in [0.5, 0.6) is 5.88 Å². The Balaban J connectivity index is 1.55. The van der Waals surface area contributed by atoms with Gasteiger partial charge in [0.05, 0.1) is 19.3 Å². The normalized spacial score (nSPS) is 24.4. The van der Waals surface area contributed by atoms with Crippen molar-refractivity contribution in [1.29, 1.82) is 0 Å². The smallest absolute Gasteiger partial charge is 0.213 e. The summed E-state index contributed by atoms with van der Waals surface area (Å²) in [5, 5.41) is 3.43. The number of aliphatic imine (C=N–C) groups is 1. The Morgan fingerprint density at radius 2 is 2.28 bits per heavy atom. The van der Waals surface area contributed by atoms with Crippen LogP contribution in [0.4, 0.5) is 0 Å². The van der Waals surface area contributed by atoms with E-state index in [0.717, 1.165) is 44.1 Å². The molecular formula is C18H28N4O3. The summed E-state index contributed by atoms with van der Waals surface area (Å²) in [7, 11) is 1.82. The molecule has 0 spiro atoms. The fraction of sp³-hybridized carbons (Fsp3) is 0.667. The molecule has 3 rings (SSSR count). The minimum absolute atomic E-state index is 0.125. The largest absolute Gasteiger partial charge is 0.478 e. The van der Waals surface area contributed by atoms with Gasteiger partial charge in [-0.2, -0.15) is 0 Å². The molecule has 2 aliphatic rings. The summed E-state index contributed by atoms with van der Waals surface area (Å²) >= 11 is 0. The summed E-state index contributed by atoms with van der Waals surface area (Å²) in [5.74, 6) is 1.54. The maximum Gasteiger partial charge on any atom is 0.213 e. The fourth-order valence-electron chi connectivity index (χ4n) is 3.29. The SMILES string of the molecule is CCOc1cc(CNC(=NC)N2CCOC(C3CCCO3)C2)ccn1. The van der Waals surface area contributed by atoms with Gasteiger partial charge in [-0.3, -0.25) is 4.99 Å². The molecule has 1 aromatic rings. The van der Waals surface area contributed by atoms with Gasteiger partial charge in [0.1, 0.15) is 6.10 Å². The van der Waals surface area contributed by atoms with Crippen LogP contribution >= 0.6 is 0 Å². The molecule has 7 nitrogen and oxygen atoms in total. The molecule has 2 aliphatic heterocycles. The first-order valence-corrected chi connectivity index (χ1v) is 9.06. The average Bonchev–Trinajstić information content (AvgIpc) is 3.18. The molecule has 0 aliphatic carbocycles. The molecule has 2 unspecified atom stereocenters. The highest BCUT2D eigenvalue weighted by molar-refractivity contribution is 5.80. The molecule has 0 bridgehead atoms. The van der Waals surface area contributed by atoms with E-state index < -0.39 is 0 Å². The maximum atomic E-state index is 5.92. The van der Waals surface area contributed by atoms with Crippen LogP contribution in [0.25, 0.3) is 0 Å². The molecule has 3 heterocycles. The lowest BCUT2D eigenvalue weighted by Crippen LogP contribution is -2.53. The zero-order valence-electron chi connectivity index (χ0n) is 15.1. The second kappa shape index (κ2) is 9.01. The summed E-state index contributed by atoms with van der Waals surface area (Å²) in [6.07, 6.45) is 4.33. The van der Waals surface area contributed by atoms with Gasteiger partial charge in [0.15, 0.2) is 5.96 Å². The average molecular weight is 348 g/mol. The summed E-state index contributed by atoms with van der Waals surface area (Å²) in [4.78, 5) is 10.9.